The number of aromatic nitrogens is 2. The van der Waals surface area contributed by atoms with E-state index >= 15 is 0 Å². The summed E-state index contributed by atoms with van der Waals surface area (Å²) >= 11 is 0. The Morgan fingerprint density at radius 2 is 2.00 bits per heavy atom. The predicted octanol–water partition coefficient (Wildman–Crippen LogP) is 2.69. The van der Waals surface area contributed by atoms with Gasteiger partial charge in [-0.25, -0.2) is 0 Å². The van der Waals surface area contributed by atoms with Gasteiger partial charge in [0, 0.05) is 36.3 Å². The van der Waals surface area contributed by atoms with Crippen molar-refractivity contribution in [2.75, 3.05) is 6.54 Å². The van der Waals surface area contributed by atoms with Crippen LogP contribution in [0.5, 0.6) is 0 Å². The number of rotatable bonds is 1. The summed E-state index contributed by atoms with van der Waals surface area (Å²) in [6.07, 6.45) is 1.10. The molecule has 2 heterocycles. The van der Waals surface area contributed by atoms with Gasteiger partial charge < -0.3 is 0 Å². The highest BCUT2D eigenvalue weighted by Crippen LogP contribution is 2.28. The van der Waals surface area contributed by atoms with Gasteiger partial charge in [0.05, 0.1) is 5.69 Å². The number of hydrogen-bond acceptors (Lipinski definition) is 2. The Morgan fingerprint density at radius 1 is 1.31 bits per heavy atom. The zero-order chi connectivity index (χ0) is 11.9. The Balaban J connectivity index is 2.28. The van der Waals surface area contributed by atoms with Gasteiger partial charge in [0.1, 0.15) is 0 Å². The van der Waals surface area contributed by atoms with E-state index < -0.39 is 0 Å². The number of hydrogen-bond donors (Lipinski definition) is 1. The second-order valence-corrected chi connectivity index (χ2v) is 6.06. The fourth-order valence-corrected chi connectivity index (χ4v) is 2.37. The highest BCUT2D eigenvalue weighted by atomic mass is 15.2. The molecular formula is C13H23N3. The maximum Gasteiger partial charge on any atom is 0.0695 e. The van der Waals surface area contributed by atoms with Crippen molar-refractivity contribution in [3.05, 3.63) is 17.0 Å². The number of fused-ring (bicyclic) bond motifs is 1. The SMILES string of the molecule is CC(C)c1n[nH]c2c1CN(C(C)(C)C)CC2. The fraction of sp³-hybridized carbons (Fsp3) is 0.769. The molecule has 1 N–H and O–H groups in total. The van der Waals surface area contributed by atoms with Gasteiger partial charge in [-0.3, -0.25) is 10.00 Å². The van der Waals surface area contributed by atoms with Crippen LogP contribution in [0, 0.1) is 0 Å². The highest BCUT2D eigenvalue weighted by Gasteiger charge is 2.29. The van der Waals surface area contributed by atoms with Crippen molar-refractivity contribution < 1.29 is 0 Å². The van der Waals surface area contributed by atoms with Gasteiger partial charge in [-0.15, -0.1) is 0 Å². The van der Waals surface area contributed by atoms with Gasteiger partial charge in [-0.2, -0.15) is 5.10 Å². The maximum absolute atomic E-state index is 4.46. The molecule has 0 atom stereocenters. The molecule has 0 fully saturated rings. The lowest BCUT2D eigenvalue weighted by Crippen LogP contribution is -2.44. The van der Waals surface area contributed by atoms with Crippen LogP contribution in [0.25, 0.3) is 0 Å². The first kappa shape index (κ1) is 11.6. The molecule has 2 rings (SSSR count). The number of aromatic amines is 1. The molecule has 0 aliphatic carbocycles. The van der Waals surface area contributed by atoms with Crippen molar-refractivity contribution in [3.8, 4) is 0 Å². The average Bonchev–Trinajstić information content (AvgIpc) is 2.58. The first-order valence-corrected chi connectivity index (χ1v) is 6.20. The van der Waals surface area contributed by atoms with Crippen LogP contribution < -0.4 is 0 Å². The molecule has 1 aliphatic heterocycles. The molecule has 90 valence electrons. The van der Waals surface area contributed by atoms with Crippen LogP contribution in [0.3, 0.4) is 0 Å². The predicted molar refractivity (Wildman–Crippen MR) is 66.5 cm³/mol. The monoisotopic (exact) mass is 221 g/mol. The summed E-state index contributed by atoms with van der Waals surface area (Å²) in [5, 5.41) is 7.67. The van der Waals surface area contributed by atoms with Gasteiger partial charge in [0.25, 0.3) is 0 Å². The lowest BCUT2D eigenvalue weighted by Gasteiger charge is -2.38. The first-order chi connectivity index (χ1) is 7.39. The minimum absolute atomic E-state index is 0.253. The molecule has 0 radical (unpaired) electrons. The topological polar surface area (TPSA) is 31.9 Å². The van der Waals surface area contributed by atoms with Crippen molar-refractivity contribution in [2.45, 2.75) is 59.0 Å². The first-order valence-electron chi connectivity index (χ1n) is 6.20. The van der Waals surface area contributed by atoms with Gasteiger partial charge in [0.2, 0.25) is 0 Å². The lowest BCUT2D eigenvalue weighted by atomic mass is 9.95. The summed E-state index contributed by atoms with van der Waals surface area (Å²) in [5.41, 5.74) is 4.30. The summed E-state index contributed by atoms with van der Waals surface area (Å²) in [5.74, 6) is 0.514. The summed E-state index contributed by atoms with van der Waals surface area (Å²) < 4.78 is 0. The van der Waals surface area contributed by atoms with Gasteiger partial charge >= 0.3 is 0 Å². The quantitative estimate of drug-likeness (QED) is 0.790. The molecular weight excluding hydrogens is 198 g/mol. The van der Waals surface area contributed by atoms with E-state index in [1.165, 1.54) is 17.0 Å². The molecule has 3 heteroatoms. The van der Waals surface area contributed by atoms with E-state index in [0.29, 0.717) is 5.92 Å². The van der Waals surface area contributed by atoms with Crippen LogP contribution in [-0.2, 0) is 13.0 Å². The van der Waals surface area contributed by atoms with E-state index in [9.17, 15) is 0 Å². The third kappa shape index (κ3) is 2.01. The molecule has 0 amide bonds. The Bertz CT molecular complexity index is 371. The molecule has 1 aliphatic rings. The molecule has 1 aromatic rings. The molecule has 1 aromatic heterocycles. The van der Waals surface area contributed by atoms with E-state index in [2.05, 4.69) is 49.7 Å². The van der Waals surface area contributed by atoms with Crippen molar-refractivity contribution in [1.29, 1.82) is 0 Å². The Morgan fingerprint density at radius 3 is 2.56 bits per heavy atom. The highest BCUT2D eigenvalue weighted by molar-refractivity contribution is 5.29. The van der Waals surface area contributed by atoms with Crippen molar-refractivity contribution in [2.24, 2.45) is 0 Å². The van der Waals surface area contributed by atoms with E-state index in [-0.39, 0.29) is 5.54 Å². The van der Waals surface area contributed by atoms with Crippen LogP contribution >= 0.6 is 0 Å². The minimum Gasteiger partial charge on any atom is -0.294 e. The molecule has 16 heavy (non-hydrogen) atoms. The van der Waals surface area contributed by atoms with E-state index in [1.807, 2.05) is 0 Å². The number of H-pyrrole nitrogens is 1. The fourth-order valence-electron chi connectivity index (χ4n) is 2.37. The molecule has 0 unspecified atom stereocenters. The molecule has 0 saturated heterocycles. The van der Waals surface area contributed by atoms with Crippen molar-refractivity contribution in [1.82, 2.24) is 15.1 Å². The Hall–Kier alpha value is -0.830. The molecule has 0 bridgehead atoms. The average molecular weight is 221 g/mol. The number of nitrogens with zero attached hydrogens (tertiary/aromatic N) is 2. The standard InChI is InChI=1S/C13H23N3/c1-9(2)12-10-8-16(13(3,4)5)7-6-11(10)14-15-12/h9H,6-8H2,1-5H3,(H,14,15). The number of nitrogens with one attached hydrogen (secondary N) is 1. The van der Waals surface area contributed by atoms with E-state index in [4.69, 9.17) is 0 Å². The zero-order valence-corrected chi connectivity index (χ0v) is 11.1. The second-order valence-electron chi connectivity index (χ2n) is 6.06. The van der Waals surface area contributed by atoms with E-state index in [1.54, 1.807) is 0 Å². The minimum atomic E-state index is 0.253. The van der Waals surface area contributed by atoms with Crippen molar-refractivity contribution >= 4 is 0 Å². The lowest BCUT2D eigenvalue weighted by molar-refractivity contribution is 0.120. The molecule has 0 spiro atoms. The van der Waals surface area contributed by atoms with Crippen LogP contribution in [0.2, 0.25) is 0 Å². The Labute approximate surface area is 98.2 Å². The Kier molecular flexibility index (Phi) is 2.82. The normalized spacial score (nSPS) is 17.9. The largest absolute Gasteiger partial charge is 0.294 e. The van der Waals surface area contributed by atoms with Crippen LogP contribution in [0.15, 0.2) is 0 Å². The van der Waals surface area contributed by atoms with Gasteiger partial charge in [0.15, 0.2) is 0 Å². The second kappa shape index (κ2) is 3.88. The molecule has 0 aromatic carbocycles. The maximum atomic E-state index is 4.46. The van der Waals surface area contributed by atoms with Crippen molar-refractivity contribution in [3.63, 3.8) is 0 Å². The van der Waals surface area contributed by atoms with Crippen LogP contribution in [-0.4, -0.2) is 27.2 Å². The van der Waals surface area contributed by atoms with Gasteiger partial charge in [-0.05, 0) is 26.7 Å². The summed E-state index contributed by atoms with van der Waals surface area (Å²) in [6, 6.07) is 0. The van der Waals surface area contributed by atoms with Gasteiger partial charge in [-0.1, -0.05) is 13.8 Å². The van der Waals surface area contributed by atoms with Crippen LogP contribution in [0.1, 0.15) is 57.5 Å². The summed E-state index contributed by atoms with van der Waals surface area (Å²) in [6.45, 7) is 13.5. The molecule has 3 nitrogen and oxygen atoms in total. The molecule has 0 saturated carbocycles. The van der Waals surface area contributed by atoms with E-state index in [0.717, 1.165) is 19.5 Å². The smallest absolute Gasteiger partial charge is 0.0695 e. The van der Waals surface area contributed by atoms with Crippen LogP contribution in [0.4, 0.5) is 0 Å². The zero-order valence-electron chi connectivity index (χ0n) is 11.1. The summed E-state index contributed by atoms with van der Waals surface area (Å²) in [7, 11) is 0. The summed E-state index contributed by atoms with van der Waals surface area (Å²) in [4.78, 5) is 2.54. The third-order valence-electron chi connectivity index (χ3n) is 3.46. The third-order valence-corrected chi connectivity index (χ3v) is 3.46.